The van der Waals surface area contributed by atoms with Crippen molar-refractivity contribution in [3.63, 3.8) is 0 Å². The van der Waals surface area contributed by atoms with Gasteiger partial charge in [-0.2, -0.15) is 5.10 Å². The summed E-state index contributed by atoms with van der Waals surface area (Å²) in [7, 11) is 0. The standard InChI is InChI=1S/C16H14ClN3O/c17-12-7-5-11(6-8-12)15-9-13(19-20-15)10-21-16-4-2-1-3-14(16)18/h1-9H,10,18H2,(H,19,20). The lowest BCUT2D eigenvalue weighted by Crippen LogP contribution is -1.98. The molecule has 0 saturated carbocycles. The number of hydrogen-bond acceptors (Lipinski definition) is 3. The highest BCUT2D eigenvalue weighted by Crippen LogP contribution is 2.23. The Hall–Kier alpha value is -2.46. The Bertz CT molecular complexity index is 737. The van der Waals surface area contributed by atoms with Crippen LogP contribution in [-0.2, 0) is 6.61 Å². The molecule has 0 fully saturated rings. The van der Waals surface area contributed by atoms with Gasteiger partial charge in [-0.15, -0.1) is 0 Å². The summed E-state index contributed by atoms with van der Waals surface area (Å²) in [6.45, 7) is 0.384. The number of anilines is 1. The van der Waals surface area contributed by atoms with E-state index in [1.807, 2.05) is 48.5 Å². The molecule has 0 aliphatic carbocycles. The molecular weight excluding hydrogens is 286 g/mol. The van der Waals surface area contributed by atoms with E-state index in [2.05, 4.69) is 10.2 Å². The topological polar surface area (TPSA) is 63.9 Å². The highest BCUT2D eigenvalue weighted by Gasteiger charge is 2.05. The Balaban J connectivity index is 1.71. The largest absolute Gasteiger partial charge is 0.485 e. The van der Waals surface area contributed by atoms with Crippen molar-refractivity contribution in [2.45, 2.75) is 6.61 Å². The van der Waals surface area contributed by atoms with Gasteiger partial charge in [0.25, 0.3) is 0 Å². The van der Waals surface area contributed by atoms with Crippen molar-refractivity contribution < 1.29 is 4.74 Å². The average molecular weight is 300 g/mol. The summed E-state index contributed by atoms with van der Waals surface area (Å²) < 4.78 is 5.67. The highest BCUT2D eigenvalue weighted by atomic mass is 35.5. The van der Waals surface area contributed by atoms with Crippen LogP contribution in [0.5, 0.6) is 5.75 Å². The number of rotatable bonds is 4. The molecule has 4 nitrogen and oxygen atoms in total. The maximum atomic E-state index is 5.88. The van der Waals surface area contributed by atoms with Gasteiger partial charge in [-0.25, -0.2) is 0 Å². The number of aromatic nitrogens is 2. The molecule has 3 aromatic rings. The smallest absolute Gasteiger partial charge is 0.142 e. The fourth-order valence-corrected chi connectivity index (χ4v) is 2.10. The molecule has 5 heteroatoms. The second-order valence-electron chi connectivity index (χ2n) is 4.61. The molecule has 0 saturated heterocycles. The zero-order chi connectivity index (χ0) is 14.7. The summed E-state index contributed by atoms with van der Waals surface area (Å²) >= 11 is 5.88. The van der Waals surface area contributed by atoms with E-state index in [9.17, 15) is 0 Å². The lowest BCUT2D eigenvalue weighted by molar-refractivity contribution is 0.303. The summed E-state index contributed by atoms with van der Waals surface area (Å²) in [4.78, 5) is 0. The van der Waals surface area contributed by atoms with E-state index in [4.69, 9.17) is 22.1 Å². The van der Waals surface area contributed by atoms with E-state index < -0.39 is 0 Å². The Labute approximate surface area is 127 Å². The highest BCUT2D eigenvalue weighted by molar-refractivity contribution is 6.30. The predicted octanol–water partition coefficient (Wildman–Crippen LogP) is 3.89. The van der Waals surface area contributed by atoms with Crippen LogP contribution >= 0.6 is 11.6 Å². The van der Waals surface area contributed by atoms with Gasteiger partial charge < -0.3 is 10.5 Å². The maximum Gasteiger partial charge on any atom is 0.142 e. The molecule has 3 rings (SSSR count). The Morgan fingerprint density at radius 3 is 2.62 bits per heavy atom. The van der Waals surface area contributed by atoms with Crippen molar-refractivity contribution in [1.82, 2.24) is 10.2 Å². The number of nitrogen functional groups attached to an aromatic ring is 1. The number of H-pyrrole nitrogens is 1. The summed E-state index contributed by atoms with van der Waals surface area (Å²) in [5.41, 5.74) is 9.18. The molecule has 0 spiro atoms. The van der Waals surface area contributed by atoms with Gasteiger partial charge in [0.05, 0.1) is 17.1 Å². The van der Waals surface area contributed by atoms with E-state index >= 15 is 0 Å². The predicted molar refractivity (Wildman–Crippen MR) is 84.2 cm³/mol. The molecule has 0 aliphatic heterocycles. The lowest BCUT2D eigenvalue weighted by atomic mass is 10.1. The van der Waals surface area contributed by atoms with Crippen LogP contribution in [0.4, 0.5) is 5.69 Å². The SMILES string of the molecule is Nc1ccccc1OCc1cc(-c2ccc(Cl)cc2)n[nH]1. The van der Waals surface area contributed by atoms with E-state index in [-0.39, 0.29) is 0 Å². The monoisotopic (exact) mass is 299 g/mol. The van der Waals surface area contributed by atoms with Crippen LogP contribution in [0.3, 0.4) is 0 Å². The third-order valence-corrected chi connectivity index (χ3v) is 3.33. The second kappa shape index (κ2) is 5.89. The zero-order valence-electron chi connectivity index (χ0n) is 11.2. The minimum Gasteiger partial charge on any atom is -0.485 e. The van der Waals surface area contributed by atoms with E-state index in [0.717, 1.165) is 17.0 Å². The average Bonchev–Trinajstić information content (AvgIpc) is 2.96. The zero-order valence-corrected chi connectivity index (χ0v) is 12.0. The fourth-order valence-electron chi connectivity index (χ4n) is 1.97. The number of para-hydroxylation sites is 2. The summed E-state index contributed by atoms with van der Waals surface area (Å²) in [5, 5.41) is 7.94. The minimum absolute atomic E-state index is 0.384. The number of hydrogen-bond donors (Lipinski definition) is 2. The van der Waals surface area contributed by atoms with E-state index in [1.165, 1.54) is 0 Å². The molecule has 3 N–H and O–H groups in total. The van der Waals surface area contributed by atoms with Crippen LogP contribution in [0, 0.1) is 0 Å². The van der Waals surface area contributed by atoms with Crippen LogP contribution in [0.25, 0.3) is 11.3 Å². The molecule has 0 radical (unpaired) electrons. The lowest BCUT2D eigenvalue weighted by Gasteiger charge is -2.06. The molecule has 0 unspecified atom stereocenters. The Morgan fingerprint density at radius 1 is 1.10 bits per heavy atom. The van der Waals surface area contributed by atoms with Gasteiger partial charge in [0.15, 0.2) is 0 Å². The van der Waals surface area contributed by atoms with Crippen LogP contribution in [0.1, 0.15) is 5.69 Å². The van der Waals surface area contributed by atoms with Crippen molar-refractivity contribution >= 4 is 17.3 Å². The van der Waals surface area contributed by atoms with Crippen molar-refractivity contribution in [2.24, 2.45) is 0 Å². The Kier molecular flexibility index (Phi) is 3.79. The molecule has 0 aliphatic rings. The van der Waals surface area contributed by atoms with Gasteiger partial charge in [-0.3, -0.25) is 5.10 Å². The van der Waals surface area contributed by atoms with Gasteiger partial charge in [-0.05, 0) is 30.3 Å². The molecular formula is C16H14ClN3O. The summed E-state index contributed by atoms with van der Waals surface area (Å²) in [6.07, 6.45) is 0. The number of benzene rings is 2. The van der Waals surface area contributed by atoms with Crippen LogP contribution in [0.15, 0.2) is 54.6 Å². The number of aromatic amines is 1. The Morgan fingerprint density at radius 2 is 1.86 bits per heavy atom. The quantitative estimate of drug-likeness (QED) is 0.718. The van der Waals surface area contributed by atoms with Gasteiger partial charge in [0.2, 0.25) is 0 Å². The first-order valence-corrected chi connectivity index (χ1v) is 6.88. The van der Waals surface area contributed by atoms with Crippen molar-refractivity contribution in [3.05, 3.63) is 65.3 Å². The van der Waals surface area contributed by atoms with E-state index in [1.54, 1.807) is 6.07 Å². The third-order valence-electron chi connectivity index (χ3n) is 3.07. The molecule has 0 atom stereocenters. The first-order valence-electron chi connectivity index (χ1n) is 6.50. The van der Waals surface area contributed by atoms with Crippen molar-refractivity contribution in [3.8, 4) is 17.0 Å². The number of nitrogens with two attached hydrogens (primary N) is 1. The normalized spacial score (nSPS) is 10.5. The second-order valence-corrected chi connectivity index (χ2v) is 5.05. The van der Waals surface area contributed by atoms with Gasteiger partial charge in [0, 0.05) is 10.6 Å². The summed E-state index contributed by atoms with van der Waals surface area (Å²) in [5.74, 6) is 0.667. The number of nitrogens with one attached hydrogen (secondary N) is 1. The minimum atomic E-state index is 0.384. The number of ether oxygens (including phenoxy) is 1. The van der Waals surface area contributed by atoms with Crippen molar-refractivity contribution in [2.75, 3.05) is 5.73 Å². The van der Waals surface area contributed by atoms with Crippen LogP contribution < -0.4 is 10.5 Å². The molecule has 1 aromatic heterocycles. The molecule has 2 aromatic carbocycles. The van der Waals surface area contributed by atoms with Gasteiger partial charge in [0.1, 0.15) is 12.4 Å². The summed E-state index contributed by atoms with van der Waals surface area (Å²) in [6, 6.07) is 16.9. The number of halogens is 1. The van der Waals surface area contributed by atoms with Crippen LogP contribution in [-0.4, -0.2) is 10.2 Å². The maximum absolute atomic E-state index is 5.88. The molecule has 106 valence electrons. The molecule has 0 amide bonds. The van der Waals surface area contributed by atoms with Gasteiger partial charge in [-0.1, -0.05) is 35.9 Å². The first kappa shape index (κ1) is 13.5. The van der Waals surface area contributed by atoms with E-state index in [0.29, 0.717) is 23.1 Å². The van der Waals surface area contributed by atoms with Gasteiger partial charge >= 0.3 is 0 Å². The fraction of sp³-hybridized carbons (Fsp3) is 0.0625. The third kappa shape index (κ3) is 3.17. The number of nitrogens with zero attached hydrogens (tertiary/aromatic N) is 1. The molecule has 1 heterocycles. The first-order chi connectivity index (χ1) is 10.2. The van der Waals surface area contributed by atoms with Crippen molar-refractivity contribution in [1.29, 1.82) is 0 Å². The molecule has 0 bridgehead atoms. The molecule has 21 heavy (non-hydrogen) atoms. The van der Waals surface area contributed by atoms with Crippen LogP contribution in [0.2, 0.25) is 5.02 Å².